The summed E-state index contributed by atoms with van der Waals surface area (Å²) in [5.41, 5.74) is -0.574. The first-order valence-corrected chi connectivity index (χ1v) is 6.30. The molecule has 0 aliphatic rings. The third-order valence-corrected chi connectivity index (χ3v) is 3.43. The van der Waals surface area contributed by atoms with E-state index in [9.17, 15) is 19.5 Å². The van der Waals surface area contributed by atoms with E-state index in [-0.39, 0.29) is 11.3 Å². The maximum absolute atomic E-state index is 11.1. The van der Waals surface area contributed by atoms with Gasteiger partial charge in [-0.25, -0.2) is 4.79 Å². The van der Waals surface area contributed by atoms with E-state index >= 15 is 0 Å². The van der Waals surface area contributed by atoms with Gasteiger partial charge in [-0.15, -0.1) is 11.8 Å². The fraction of sp³-hybridized carbons (Fsp3) is 0.0833. The van der Waals surface area contributed by atoms with Crippen LogP contribution in [0, 0.1) is 0 Å². The lowest BCUT2D eigenvalue weighted by atomic mass is 10.2. The van der Waals surface area contributed by atoms with Crippen molar-refractivity contribution in [2.75, 3.05) is 0 Å². The van der Waals surface area contributed by atoms with Crippen molar-refractivity contribution in [2.45, 2.75) is 10.6 Å². The quantitative estimate of drug-likeness (QED) is 0.748. The lowest BCUT2D eigenvalue weighted by Gasteiger charge is -2.09. The standard InChI is InChI=1S/C12H10N2O4S/c15-10-5-7(13-12(18)14-10)6-19-9-4-2-1-3-8(9)11(16)17/h1-5H,6H2,(H,16,17)(H2,13,14,15,18)/p-1. The number of aromatic carboxylic acids is 1. The number of rotatable bonds is 4. The predicted octanol–water partition coefficient (Wildman–Crippen LogP) is -0.281. The molecule has 0 saturated carbocycles. The number of H-pyrrole nitrogens is 2. The molecule has 0 radical (unpaired) electrons. The Balaban J connectivity index is 2.21. The zero-order chi connectivity index (χ0) is 13.8. The topological polar surface area (TPSA) is 106 Å². The molecule has 1 heterocycles. The summed E-state index contributed by atoms with van der Waals surface area (Å²) in [6, 6.07) is 7.65. The first-order valence-electron chi connectivity index (χ1n) is 5.32. The second-order valence-electron chi connectivity index (χ2n) is 3.69. The minimum Gasteiger partial charge on any atom is -0.545 e. The molecule has 1 aromatic carbocycles. The highest BCUT2D eigenvalue weighted by Crippen LogP contribution is 2.24. The van der Waals surface area contributed by atoms with Crippen molar-refractivity contribution in [3.05, 3.63) is 62.4 Å². The Morgan fingerprint density at radius 1 is 1.21 bits per heavy atom. The normalized spacial score (nSPS) is 10.3. The van der Waals surface area contributed by atoms with Crippen LogP contribution in [0.1, 0.15) is 16.1 Å². The van der Waals surface area contributed by atoms with Gasteiger partial charge in [-0.1, -0.05) is 18.2 Å². The number of aromatic nitrogens is 2. The molecule has 19 heavy (non-hydrogen) atoms. The zero-order valence-corrected chi connectivity index (χ0v) is 10.5. The molecule has 98 valence electrons. The summed E-state index contributed by atoms with van der Waals surface area (Å²) in [5, 5.41) is 10.9. The fourth-order valence-corrected chi connectivity index (χ4v) is 2.46. The second kappa shape index (κ2) is 5.57. The summed E-state index contributed by atoms with van der Waals surface area (Å²) in [4.78, 5) is 38.1. The first-order chi connectivity index (χ1) is 9.06. The maximum Gasteiger partial charge on any atom is 0.325 e. The Bertz CT molecular complexity index is 692. The average Bonchev–Trinajstić information content (AvgIpc) is 2.35. The summed E-state index contributed by atoms with van der Waals surface area (Å²) in [6.45, 7) is 0. The lowest BCUT2D eigenvalue weighted by Crippen LogP contribution is -2.23. The third-order valence-electron chi connectivity index (χ3n) is 2.31. The minimum absolute atomic E-state index is 0.0830. The third kappa shape index (κ3) is 3.35. The second-order valence-corrected chi connectivity index (χ2v) is 4.70. The summed E-state index contributed by atoms with van der Waals surface area (Å²) >= 11 is 1.20. The van der Waals surface area contributed by atoms with Crippen molar-refractivity contribution in [3.8, 4) is 0 Å². The Hall–Kier alpha value is -2.28. The SMILES string of the molecule is O=C([O-])c1ccccc1SCc1cc(=O)[nH]c(=O)[nH]1. The molecule has 2 N–H and O–H groups in total. The van der Waals surface area contributed by atoms with Gasteiger partial charge in [-0.2, -0.15) is 0 Å². The average molecular weight is 277 g/mol. The van der Waals surface area contributed by atoms with Gasteiger partial charge < -0.3 is 14.9 Å². The molecule has 0 unspecified atom stereocenters. The molecule has 0 saturated heterocycles. The molecule has 0 aliphatic carbocycles. The van der Waals surface area contributed by atoms with Gasteiger partial charge in [-0.05, 0) is 6.07 Å². The number of thioether (sulfide) groups is 1. The number of hydrogen-bond donors (Lipinski definition) is 2. The van der Waals surface area contributed by atoms with Gasteiger partial charge >= 0.3 is 5.69 Å². The highest BCUT2D eigenvalue weighted by atomic mass is 32.2. The molecule has 2 rings (SSSR count). The Labute approximate surface area is 111 Å². The molecule has 6 nitrogen and oxygen atoms in total. The fourth-order valence-electron chi connectivity index (χ4n) is 1.51. The van der Waals surface area contributed by atoms with Crippen molar-refractivity contribution in [1.29, 1.82) is 0 Å². The number of carbonyl (C=O) groups is 1. The van der Waals surface area contributed by atoms with E-state index in [0.29, 0.717) is 10.6 Å². The van der Waals surface area contributed by atoms with Gasteiger partial charge in [-0.3, -0.25) is 9.78 Å². The Morgan fingerprint density at radius 2 is 1.95 bits per heavy atom. The number of aromatic amines is 2. The zero-order valence-electron chi connectivity index (χ0n) is 9.64. The van der Waals surface area contributed by atoms with Crippen LogP contribution in [0.5, 0.6) is 0 Å². The van der Waals surface area contributed by atoms with Crippen LogP contribution in [-0.2, 0) is 5.75 Å². The summed E-state index contributed by atoms with van der Waals surface area (Å²) in [6.07, 6.45) is 0. The Kier molecular flexibility index (Phi) is 3.86. The molecular weight excluding hydrogens is 268 g/mol. The van der Waals surface area contributed by atoms with Crippen molar-refractivity contribution in [3.63, 3.8) is 0 Å². The monoisotopic (exact) mass is 277 g/mol. The molecule has 1 aromatic heterocycles. The highest BCUT2D eigenvalue weighted by Gasteiger charge is 2.04. The molecule has 2 aromatic rings. The molecule has 0 aliphatic heterocycles. The molecule has 7 heteroatoms. The van der Waals surface area contributed by atoms with Crippen LogP contribution >= 0.6 is 11.8 Å². The minimum atomic E-state index is -1.26. The highest BCUT2D eigenvalue weighted by molar-refractivity contribution is 7.98. The number of carboxylic acid groups (broad SMARTS) is 1. The number of benzene rings is 1. The molecule has 0 spiro atoms. The van der Waals surface area contributed by atoms with Crippen molar-refractivity contribution in [2.24, 2.45) is 0 Å². The lowest BCUT2D eigenvalue weighted by molar-refractivity contribution is -0.255. The predicted molar refractivity (Wildman–Crippen MR) is 68.0 cm³/mol. The number of hydrogen-bond acceptors (Lipinski definition) is 5. The van der Waals surface area contributed by atoms with Gasteiger partial charge in [0.05, 0.1) is 5.97 Å². The largest absolute Gasteiger partial charge is 0.545 e. The van der Waals surface area contributed by atoms with Crippen molar-refractivity contribution >= 4 is 17.7 Å². The van der Waals surface area contributed by atoms with Crippen LogP contribution in [0.3, 0.4) is 0 Å². The van der Waals surface area contributed by atoms with E-state index in [0.717, 1.165) is 0 Å². The molecule has 0 amide bonds. The molecule has 0 fully saturated rings. The molecule has 0 bridgehead atoms. The van der Waals surface area contributed by atoms with Crippen LogP contribution in [0.4, 0.5) is 0 Å². The van der Waals surface area contributed by atoms with Gasteiger partial charge in [0, 0.05) is 28.0 Å². The van der Waals surface area contributed by atoms with Crippen LogP contribution in [0.25, 0.3) is 0 Å². The first kappa shape index (κ1) is 13.2. The van der Waals surface area contributed by atoms with Gasteiger partial charge in [0.2, 0.25) is 0 Å². The number of carbonyl (C=O) groups excluding carboxylic acids is 1. The van der Waals surface area contributed by atoms with Crippen LogP contribution in [0.15, 0.2) is 44.8 Å². The smallest absolute Gasteiger partial charge is 0.325 e. The van der Waals surface area contributed by atoms with Crippen molar-refractivity contribution in [1.82, 2.24) is 9.97 Å². The van der Waals surface area contributed by atoms with Crippen LogP contribution in [-0.4, -0.2) is 15.9 Å². The van der Waals surface area contributed by atoms with E-state index < -0.39 is 17.2 Å². The maximum atomic E-state index is 11.1. The van der Waals surface area contributed by atoms with E-state index in [1.807, 2.05) is 0 Å². The van der Waals surface area contributed by atoms with Gasteiger partial charge in [0.15, 0.2) is 0 Å². The number of carboxylic acids is 1. The Morgan fingerprint density at radius 3 is 2.63 bits per heavy atom. The molecular formula is C12H9N2O4S-. The van der Waals surface area contributed by atoms with Gasteiger partial charge in [0.1, 0.15) is 0 Å². The van der Waals surface area contributed by atoms with Crippen molar-refractivity contribution < 1.29 is 9.90 Å². The summed E-state index contributed by atoms with van der Waals surface area (Å²) in [5.74, 6) is -0.980. The van der Waals surface area contributed by atoms with E-state index in [1.165, 1.54) is 23.9 Å². The van der Waals surface area contributed by atoms with Crippen LogP contribution < -0.4 is 16.4 Å². The number of nitrogens with one attached hydrogen (secondary N) is 2. The summed E-state index contributed by atoms with van der Waals surface area (Å²) in [7, 11) is 0. The van der Waals surface area contributed by atoms with Crippen LogP contribution in [0.2, 0.25) is 0 Å². The van der Waals surface area contributed by atoms with Gasteiger partial charge in [0.25, 0.3) is 5.56 Å². The van der Waals surface area contributed by atoms with E-state index in [1.54, 1.807) is 18.2 Å². The van der Waals surface area contributed by atoms with E-state index in [2.05, 4.69) is 9.97 Å². The summed E-state index contributed by atoms with van der Waals surface area (Å²) < 4.78 is 0. The van der Waals surface area contributed by atoms with E-state index in [4.69, 9.17) is 0 Å². The molecule has 0 atom stereocenters.